The predicted octanol–water partition coefficient (Wildman–Crippen LogP) is 2.05. The van der Waals surface area contributed by atoms with Crippen molar-refractivity contribution in [2.75, 3.05) is 19.0 Å². The number of methoxy groups -OCH3 is 1. The molecule has 6 nitrogen and oxygen atoms in total. The summed E-state index contributed by atoms with van der Waals surface area (Å²) in [6, 6.07) is 4.68. The molecule has 1 rings (SSSR count). The van der Waals surface area contributed by atoms with Crippen molar-refractivity contribution in [2.45, 2.75) is 6.42 Å². The van der Waals surface area contributed by atoms with E-state index in [9.17, 15) is 9.59 Å². The minimum atomic E-state index is -0.960. The van der Waals surface area contributed by atoms with Crippen LogP contribution in [0.5, 0.6) is 5.75 Å². The van der Waals surface area contributed by atoms with E-state index in [-0.39, 0.29) is 13.0 Å². The Kier molecular flexibility index (Phi) is 5.44. The first-order chi connectivity index (χ1) is 8.52. The maximum atomic E-state index is 11.5. The molecular weight excluding hydrogens is 304 g/mol. The Morgan fingerprint density at radius 3 is 2.78 bits per heavy atom. The number of hydrogen-bond donors (Lipinski definition) is 3. The first-order valence-electron chi connectivity index (χ1n) is 5.13. The van der Waals surface area contributed by atoms with Crippen LogP contribution in [0, 0.1) is 0 Å². The lowest BCUT2D eigenvalue weighted by molar-refractivity contribution is -0.136. The fourth-order valence-corrected chi connectivity index (χ4v) is 1.52. The standard InChI is InChI=1S/C11H13BrN2O4/c1-18-7-2-3-8(12)9(6-7)14-11(17)13-5-4-10(15)16/h2-3,6H,4-5H2,1H3,(H,15,16)(H2,13,14,17). The average Bonchev–Trinajstić information content (AvgIpc) is 2.31. The minimum absolute atomic E-state index is 0.0722. The SMILES string of the molecule is COc1ccc(Br)c(NC(=O)NCCC(=O)O)c1. The maximum absolute atomic E-state index is 11.5. The van der Waals surface area contributed by atoms with E-state index in [1.807, 2.05) is 0 Å². The van der Waals surface area contributed by atoms with E-state index >= 15 is 0 Å². The van der Waals surface area contributed by atoms with Crippen LogP contribution in [0.15, 0.2) is 22.7 Å². The van der Waals surface area contributed by atoms with Crippen LogP contribution in [0.2, 0.25) is 0 Å². The van der Waals surface area contributed by atoms with Gasteiger partial charge in [-0.15, -0.1) is 0 Å². The normalized spacial score (nSPS) is 9.67. The summed E-state index contributed by atoms with van der Waals surface area (Å²) in [5.41, 5.74) is 0.544. The molecule has 0 radical (unpaired) electrons. The van der Waals surface area contributed by atoms with E-state index in [0.717, 1.165) is 0 Å². The van der Waals surface area contributed by atoms with Gasteiger partial charge in [-0.05, 0) is 28.1 Å². The van der Waals surface area contributed by atoms with Crippen LogP contribution < -0.4 is 15.4 Å². The van der Waals surface area contributed by atoms with Gasteiger partial charge in [-0.3, -0.25) is 4.79 Å². The second kappa shape index (κ2) is 6.85. The van der Waals surface area contributed by atoms with Gasteiger partial charge in [-0.2, -0.15) is 0 Å². The molecule has 0 aliphatic rings. The summed E-state index contributed by atoms with van der Waals surface area (Å²) >= 11 is 3.29. The number of ether oxygens (including phenoxy) is 1. The lowest BCUT2D eigenvalue weighted by Gasteiger charge is -2.10. The molecule has 0 unspecified atom stereocenters. The summed E-state index contributed by atoms with van der Waals surface area (Å²) in [6.07, 6.45) is -0.118. The van der Waals surface area contributed by atoms with Crippen LogP contribution in [0.1, 0.15) is 6.42 Å². The van der Waals surface area contributed by atoms with Crippen LogP contribution in [-0.4, -0.2) is 30.8 Å². The van der Waals surface area contributed by atoms with Gasteiger partial charge in [-0.1, -0.05) is 0 Å². The molecule has 0 atom stereocenters. The molecule has 0 bridgehead atoms. The Labute approximate surface area is 112 Å². The molecule has 0 fully saturated rings. The number of urea groups is 1. The number of benzene rings is 1. The van der Waals surface area contributed by atoms with E-state index < -0.39 is 12.0 Å². The molecule has 0 aliphatic carbocycles. The summed E-state index contributed by atoms with van der Waals surface area (Å²) < 4.78 is 5.74. The number of rotatable bonds is 5. The smallest absolute Gasteiger partial charge is 0.319 e. The third kappa shape index (κ3) is 4.62. The molecule has 18 heavy (non-hydrogen) atoms. The zero-order valence-electron chi connectivity index (χ0n) is 9.70. The molecule has 1 aromatic rings. The van der Waals surface area contributed by atoms with Gasteiger partial charge < -0.3 is 20.5 Å². The maximum Gasteiger partial charge on any atom is 0.319 e. The third-order valence-corrected chi connectivity index (χ3v) is 2.74. The van der Waals surface area contributed by atoms with Crippen LogP contribution in [-0.2, 0) is 4.79 Å². The van der Waals surface area contributed by atoms with Crippen LogP contribution >= 0.6 is 15.9 Å². The van der Waals surface area contributed by atoms with Crippen molar-refractivity contribution in [3.63, 3.8) is 0 Å². The molecule has 0 heterocycles. The van der Waals surface area contributed by atoms with Crippen molar-refractivity contribution in [1.29, 1.82) is 0 Å². The van der Waals surface area contributed by atoms with Crippen molar-refractivity contribution < 1.29 is 19.4 Å². The van der Waals surface area contributed by atoms with Gasteiger partial charge >= 0.3 is 12.0 Å². The number of aliphatic carboxylic acids is 1. The first kappa shape index (κ1) is 14.3. The number of nitrogens with one attached hydrogen (secondary N) is 2. The quantitative estimate of drug-likeness (QED) is 0.775. The van der Waals surface area contributed by atoms with Gasteiger partial charge in [0.2, 0.25) is 0 Å². The van der Waals surface area contributed by atoms with Gasteiger partial charge in [0.05, 0.1) is 19.2 Å². The summed E-state index contributed by atoms with van der Waals surface area (Å²) in [5, 5.41) is 13.5. The Hall–Kier alpha value is -1.76. The fourth-order valence-electron chi connectivity index (χ4n) is 1.18. The highest BCUT2D eigenvalue weighted by atomic mass is 79.9. The highest BCUT2D eigenvalue weighted by molar-refractivity contribution is 9.10. The molecule has 3 N–H and O–H groups in total. The summed E-state index contributed by atoms with van der Waals surface area (Å²) in [7, 11) is 1.53. The Bertz CT molecular complexity index is 451. The molecule has 98 valence electrons. The monoisotopic (exact) mass is 316 g/mol. The number of anilines is 1. The van der Waals surface area contributed by atoms with Crippen molar-refractivity contribution in [3.8, 4) is 5.75 Å². The number of carboxylic acid groups (broad SMARTS) is 1. The van der Waals surface area contributed by atoms with Crippen molar-refractivity contribution in [2.24, 2.45) is 0 Å². The molecule has 7 heteroatoms. The van der Waals surface area contributed by atoms with Gasteiger partial charge in [0.1, 0.15) is 5.75 Å². The van der Waals surface area contributed by atoms with E-state index in [2.05, 4.69) is 26.6 Å². The molecule has 0 spiro atoms. The lowest BCUT2D eigenvalue weighted by Crippen LogP contribution is -2.30. The predicted molar refractivity (Wildman–Crippen MR) is 70.0 cm³/mol. The molecule has 0 aliphatic heterocycles. The van der Waals surface area contributed by atoms with Gasteiger partial charge in [-0.25, -0.2) is 4.79 Å². The summed E-state index contributed by atoms with van der Waals surface area (Å²) in [4.78, 5) is 21.7. The van der Waals surface area contributed by atoms with Gasteiger partial charge in [0, 0.05) is 17.1 Å². The minimum Gasteiger partial charge on any atom is -0.497 e. The zero-order chi connectivity index (χ0) is 13.5. The Morgan fingerprint density at radius 2 is 2.17 bits per heavy atom. The largest absolute Gasteiger partial charge is 0.497 e. The number of carboxylic acids is 1. The van der Waals surface area contributed by atoms with E-state index in [1.165, 1.54) is 7.11 Å². The van der Waals surface area contributed by atoms with Gasteiger partial charge in [0.25, 0.3) is 0 Å². The van der Waals surface area contributed by atoms with E-state index in [4.69, 9.17) is 9.84 Å². The van der Waals surface area contributed by atoms with Crippen LogP contribution in [0.4, 0.5) is 10.5 Å². The molecular formula is C11H13BrN2O4. The number of amides is 2. The van der Waals surface area contributed by atoms with Crippen molar-refractivity contribution in [1.82, 2.24) is 5.32 Å². The van der Waals surface area contributed by atoms with E-state index in [0.29, 0.717) is 15.9 Å². The second-order valence-electron chi connectivity index (χ2n) is 3.37. The zero-order valence-corrected chi connectivity index (χ0v) is 11.3. The van der Waals surface area contributed by atoms with Crippen LogP contribution in [0.3, 0.4) is 0 Å². The highest BCUT2D eigenvalue weighted by Crippen LogP contribution is 2.26. The third-order valence-electron chi connectivity index (χ3n) is 2.05. The average molecular weight is 317 g/mol. The second-order valence-corrected chi connectivity index (χ2v) is 4.22. The summed E-state index contributed by atoms with van der Waals surface area (Å²) in [5.74, 6) is -0.350. The topological polar surface area (TPSA) is 87.7 Å². The molecule has 0 saturated carbocycles. The number of carbonyl (C=O) groups excluding carboxylic acids is 1. The number of halogens is 1. The summed E-state index contributed by atoms with van der Waals surface area (Å²) in [6.45, 7) is 0.0722. The van der Waals surface area contributed by atoms with Crippen molar-refractivity contribution >= 4 is 33.6 Å². The van der Waals surface area contributed by atoms with Crippen molar-refractivity contribution in [3.05, 3.63) is 22.7 Å². The molecule has 0 aromatic heterocycles. The lowest BCUT2D eigenvalue weighted by atomic mass is 10.3. The van der Waals surface area contributed by atoms with Crippen LogP contribution in [0.25, 0.3) is 0 Å². The first-order valence-corrected chi connectivity index (χ1v) is 5.92. The Morgan fingerprint density at radius 1 is 1.44 bits per heavy atom. The fraction of sp³-hybridized carbons (Fsp3) is 0.273. The van der Waals surface area contributed by atoms with E-state index in [1.54, 1.807) is 18.2 Å². The van der Waals surface area contributed by atoms with Gasteiger partial charge in [0.15, 0.2) is 0 Å². The Balaban J connectivity index is 2.55. The molecule has 2 amide bonds. The highest BCUT2D eigenvalue weighted by Gasteiger charge is 2.07. The molecule has 0 saturated heterocycles. The number of carbonyl (C=O) groups is 2. The number of hydrogen-bond acceptors (Lipinski definition) is 3. The molecule has 1 aromatic carbocycles.